The molecule has 0 aliphatic heterocycles. The second-order valence-corrected chi connectivity index (χ2v) is 5.07. The van der Waals surface area contributed by atoms with E-state index in [1.165, 1.54) is 0 Å². The van der Waals surface area contributed by atoms with Gasteiger partial charge in [-0.1, -0.05) is 0 Å². The SMILES string of the molecule is COC=C(C)C=[N+](C)C.F[P-](F)(F)(F)(F)F. The van der Waals surface area contributed by atoms with Gasteiger partial charge < -0.3 is 4.74 Å². The molecule has 0 spiro atoms. The van der Waals surface area contributed by atoms with Crippen LogP contribution in [0.15, 0.2) is 11.8 Å². The number of rotatable bonds is 2. The van der Waals surface area contributed by atoms with E-state index in [0.717, 1.165) is 5.57 Å². The Morgan fingerprint density at radius 1 is 1.06 bits per heavy atom. The second-order valence-electron chi connectivity index (χ2n) is 3.15. The van der Waals surface area contributed by atoms with Crippen molar-refractivity contribution in [2.75, 3.05) is 21.2 Å². The molecule has 0 heterocycles. The summed E-state index contributed by atoms with van der Waals surface area (Å²) in [6, 6.07) is 0. The molecule has 0 aliphatic carbocycles. The molecule has 0 radical (unpaired) electrons. The maximum atomic E-state index is 9.87. The Hall–Kier alpha value is -0.780. The van der Waals surface area contributed by atoms with Gasteiger partial charge in [0.1, 0.15) is 14.1 Å². The van der Waals surface area contributed by atoms with Gasteiger partial charge in [0.15, 0.2) is 6.21 Å². The summed E-state index contributed by atoms with van der Waals surface area (Å²) in [5, 5.41) is 0. The first-order valence-corrected chi connectivity index (χ1v) is 5.92. The molecule has 0 aromatic rings. The quantitative estimate of drug-likeness (QED) is 0.241. The summed E-state index contributed by atoms with van der Waals surface area (Å²) in [7, 11) is -5.05. The Balaban J connectivity index is 0. The van der Waals surface area contributed by atoms with E-state index in [0.29, 0.717) is 0 Å². The topological polar surface area (TPSA) is 12.2 Å². The van der Waals surface area contributed by atoms with Crippen molar-refractivity contribution in [1.82, 2.24) is 0 Å². The van der Waals surface area contributed by atoms with Crippen LogP contribution in [0.4, 0.5) is 25.2 Å². The zero-order valence-corrected chi connectivity index (χ0v) is 10.1. The van der Waals surface area contributed by atoms with Crippen molar-refractivity contribution in [3.8, 4) is 0 Å². The zero-order valence-electron chi connectivity index (χ0n) is 9.23. The minimum atomic E-state index is -10.7. The molecule has 0 N–H and O–H groups in total. The van der Waals surface area contributed by atoms with Crippen LogP contribution in [0.2, 0.25) is 0 Å². The molecular formula is C7H14F6NOP. The molecule has 0 unspecified atom stereocenters. The van der Waals surface area contributed by atoms with Crippen molar-refractivity contribution in [1.29, 1.82) is 0 Å². The van der Waals surface area contributed by atoms with Gasteiger partial charge in [-0.05, 0) is 6.92 Å². The first kappa shape index (κ1) is 17.6. The van der Waals surface area contributed by atoms with Crippen molar-refractivity contribution < 1.29 is 34.5 Å². The van der Waals surface area contributed by atoms with Crippen LogP contribution < -0.4 is 0 Å². The predicted octanol–water partition coefficient (Wildman–Crippen LogP) is 4.26. The van der Waals surface area contributed by atoms with Crippen molar-refractivity contribution in [2.24, 2.45) is 0 Å². The molecule has 0 saturated heterocycles. The summed E-state index contributed by atoms with van der Waals surface area (Å²) in [5.41, 5.74) is 1.11. The van der Waals surface area contributed by atoms with Crippen LogP contribution in [-0.4, -0.2) is 32.0 Å². The number of methoxy groups -OCH3 is 1. The Bertz CT molecular complexity index is 274. The van der Waals surface area contributed by atoms with E-state index in [1.807, 2.05) is 31.8 Å². The zero-order chi connectivity index (χ0) is 13.7. The molecule has 100 valence electrons. The Morgan fingerprint density at radius 3 is 1.56 bits per heavy atom. The van der Waals surface area contributed by atoms with Gasteiger partial charge in [0.25, 0.3) is 0 Å². The van der Waals surface area contributed by atoms with Crippen LogP contribution in [0, 0.1) is 0 Å². The molecule has 0 atom stereocenters. The Kier molecular flexibility index (Phi) is 5.07. The van der Waals surface area contributed by atoms with Gasteiger partial charge in [0, 0.05) is 5.57 Å². The third-order valence-corrected chi connectivity index (χ3v) is 0.766. The number of hydrogen-bond donors (Lipinski definition) is 0. The molecule has 2 nitrogen and oxygen atoms in total. The number of ether oxygens (including phenoxy) is 1. The molecule has 0 amide bonds. The first-order valence-electron chi connectivity index (χ1n) is 3.89. The normalized spacial score (nSPS) is 16.2. The van der Waals surface area contributed by atoms with Gasteiger partial charge in [0.2, 0.25) is 0 Å². The van der Waals surface area contributed by atoms with E-state index in [9.17, 15) is 25.2 Å². The Morgan fingerprint density at radius 2 is 1.38 bits per heavy atom. The number of allylic oxidation sites excluding steroid dienone is 1. The predicted molar refractivity (Wildman–Crippen MR) is 52.5 cm³/mol. The minimum absolute atomic E-state index is 1.11. The van der Waals surface area contributed by atoms with Gasteiger partial charge in [-0.3, -0.25) is 0 Å². The summed E-state index contributed by atoms with van der Waals surface area (Å²) >= 11 is 0. The fourth-order valence-electron chi connectivity index (χ4n) is 0.624. The van der Waals surface area contributed by atoms with Gasteiger partial charge >= 0.3 is 33.0 Å². The fraction of sp³-hybridized carbons (Fsp3) is 0.571. The standard InChI is InChI=1S/C7H14NO.F6P/c1-7(6-9-4)5-8(2)3;1-7(2,3,4,5)6/h5-6H,1-4H3;/q+1;-1. The summed E-state index contributed by atoms with van der Waals surface area (Å²) in [6.07, 6.45) is 3.70. The molecule has 0 rings (SSSR count). The molecular weight excluding hydrogens is 259 g/mol. The average molecular weight is 273 g/mol. The molecule has 0 aliphatic rings. The average Bonchev–Trinajstić information content (AvgIpc) is 1.76. The van der Waals surface area contributed by atoms with E-state index in [1.54, 1.807) is 13.4 Å². The summed E-state index contributed by atoms with van der Waals surface area (Å²) in [4.78, 5) is 0. The molecule has 0 aromatic heterocycles. The third-order valence-electron chi connectivity index (χ3n) is 0.766. The first-order chi connectivity index (χ1) is 6.61. The van der Waals surface area contributed by atoms with E-state index >= 15 is 0 Å². The molecule has 0 aromatic carbocycles. The number of halogens is 6. The molecule has 0 fully saturated rings. The van der Waals surface area contributed by atoms with E-state index in [2.05, 4.69) is 0 Å². The van der Waals surface area contributed by atoms with Gasteiger partial charge in [0.05, 0.1) is 13.4 Å². The van der Waals surface area contributed by atoms with Crippen molar-refractivity contribution in [3.63, 3.8) is 0 Å². The third kappa shape index (κ3) is 51.0. The van der Waals surface area contributed by atoms with Gasteiger partial charge in [-0.15, -0.1) is 0 Å². The van der Waals surface area contributed by atoms with Crippen LogP contribution in [0.25, 0.3) is 0 Å². The summed E-state index contributed by atoms with van der Waals surface area (Å²) in [5.74, 6) is 0. The summed E-state index contributed by atoms with van der Waals surface area (Å²) < 4.78 is 66.0. The van der Waals surface area contributed by atoms with Crippen LogP contribution in [0.5, 0.6) is 0 Å². The molecule has 0 saturated carbocycles. The van der Waals surface area contributed by atoms with Gasteiger partial charge in [-0.25, -0.2) is 4.58 Å². The molecule has 16 heavy (non-hydrogen) atoms. The van der Waals surface area contributed by atoms with E-state index in [4.69, 9.17) is 4.74 Å². The Labute approximate surface area is 89.4 Å². The van der Waals surface area contributed by atoms with Crippen molar-refractivity contribution in [3.05, 3.63) is 11.8 Å². The second kappa shape index (κ2) is 4.61. The van der Waals surface area contributed by atoms with Crippen molar-refractivity contribution >= 4 is 14.0 Å². The van der Waals surface area contributed by atoms with Crippen LogP contribution in [0.1, 0.15) is 6.92 Å². The fourth-order valence-corrected chi connectivity index (χ4v) is 0.624. The molecule has 9 heteroatoms. The van der Waals surface area contributed by atoms with Crippen molar-refractivity contribution in [2.45, 2.75) is 6.92 Å². The number of nitrogens with zero attached hydrogens (tertiary/aromatic N) is 1. The summed E-state index contributed by atoms with van der Waals surface area (Å²) in [6.45, 7) is 1.99. The molecule has 0 bridgehead atoms. The monoisotopic (exact) mass is 273 g/mol. The number of hydrogen-bond acceptors (Lipinski definition) is 1. The van der Waals surface area contributed by atoms with Crippen LogP contribution in [-0.2, 0) is 4.74 Å². The van der Waals surface area contributed by atoms with Gasteiger partial charge in [-0.2, -0.15) is 0 Å². The van der Waals surface area contributed by atoms with E-state index in [-0.39, 0.29) is 0 Å². The van der Waals surface area contributed by atoms with Crippen LogP contribution >= 0.6 is 7.81 Å². The van der Waals surface area contributed by atoms with Crippen LogP contribution in [0.3, 0.4) is 0 Å². The van der Waals surface area contributed by atoms with E-state index < -0.39 is 7.81 Å². The maximum absolute atomic E-state index is 10.7.